The molecule has 1 saturated heterocycles. The molecule has 2 heterocycles. The first kappa shape index (κ1) is 14.8. The molecule has 0 saturated carbocycles. The van der Waals surface area contributed by atoms with E-state index in [1.165, 1.54) is 0 Å². The van der Waals surface area contributed by atoms with Crippen molar-refractivity contribution in [2.24, 2.45) is 5.92 Å². The third-order valence-corrected chi connectivity index (χ3v) is 3.70. The van der Waals surface area contributed by atoms with Crippen molar-refractivity contribution in [1.82, 2.24) is 10.3 Å². The lowest BCUT2D eigenvalue weighted by molar-refractivity contribution is 0.0951. The summed E-state index contributed by atoms with van der Waals surface area (Å²) in [7, 11) is 1.76. The first-order valence-corrected chi connectivity index (χ1v) is 7.22. The van der Waals surface area contributed by atoms with E-state index in [1.807, 2.05) is 19.1 Å². The summed E-state index contributed by atoms with van der Waals surface area (Å²) in [5.74, 6) is 0.546. The first-order valence-electron chi connectivity index (χ1n) is 7.22. The van der Waals surface area contributed by atoms with Crippen LogP contribution >= 0.6 is 0 Å². The van der Waals surface area contributed by atoms with Gasteiger partial charge in [0.1, 0.15) is 5.69 Å². The van der Waals surface area contributed by atoms with Gasteiger partial charge in [-0.15, -0.1) is 0 Å². The molecule has 1 aliphatic rings. The molecule has 0 bridgehead atoms. The van der Waals surface area contributed by atoms with E-state index in [0.29, 0.717) is 18.2 Å². The number of carbonyl (C=O) groups excluding carboxylic acids is 1. The van der Waals surface area contributed by atoms with E-state index in [1.54, 1.807) is 13.3 Å². The Morgan fingerprint density at radius 1 is 1.50 bits per heavy atom. The molecule has 110 valence electrons. The summed E-state index contributed by atoms with van der Waals surface area (Å²) in [5.41, 5.74) is 1.57. The molecule has 20 heavy (non-hydrogen) atoms. The summed E-state index contributed by atoms with van der Waals surface area (Å²) in [6.45, 7) is 5.38. The van der Waals surface area contributed by atoms with E-state index < -0.39 is 0 Å². The van der Waals surface area contributed by atoms with E-state index in [9.17, 15) is 4.79 Å². The highest BCUT2D eigenvalue weighted by molar-refractivity contribution is 5.93. The van der Waals surface area contributed by atoms with Crippen LogP contribution < -0.4 is 10.2 Å². The van der Waals surface area contributed by atoms with Crippen molar-refractivity contribution in [3.8, 4) is 0 Å². The number of aromatic nitrogens is 1. The molecule has 2 rings (SSSR count). The van der Waals surface area contributed by atoms with Crippen molar-refractivity contribution >= 4 is 11.6 Å². The number of anilines is 1. The molecule has 1 amide bonds. The van der Waals surface area contributed by atoms with Gasteiger partial charge in [0.15, 0.2) is 0 Å². The van der Waals surface area contributed by atoms with Crippen LogP contribution in [0.5, 0.6) is 0 Å². The molecule has 0 aliphatic carbocycles. The van der Waals surface area contributed by atoms with Gasteiger partial charge in [0.2, 0.25) is 0 Å². The normalized spacial score (nSPS) is 16.2. The van der Waals surface area contributed by atoms with Crippen molar-refractivity contribution in [2.75, 3.05) is 38.3 Å². The highest BCUT2D eigenvalue weighted by Crippen LogP contribution is 2.23. The number of pyridine rings is 1. The van der Waals surface area contributed by atoms with Crippen LogP contribution in [0.2, 0.25) is 0 Å². The molecule has 0 radical (unpaired) electrons. The number of amides is 1. The zero-order valence-electron chi connectivity index (χ0n) is 12.3. The summed E-state index contributed by atoms with van der Waals surface area (Å²) in [6.07, 6.45) is 3.97. The number of carbonyl (C=O) groups is 1. The van der Waals surface area contributed by atoms with Crippen LogP contribution in [0.1, 0.15) is 30.3 Å². The maximum atomic E-state index is 11.8. The van der Waals surface area contributed by atoms with Gasteiger partial charge >= 0.3 is 0 Å². The van der Waals surface area contributed by atoms with Gasteiger partial charge in [-0.05, 0) is 37.8 Å². The smallest absolute Gasteiger partial charge is 0.269 e. The van der Waals surface area contributed by atoms with Crippen molar-refractivity contribution in [3.05, 3.63) is 24.0 Å². The molecule has 1 aliphatic heterocycles. The fourth-order valence-electron chi connectivity index (χ4n) is 2.58. The summed E-state index contributed by atoms with van der Waals surface area (Å²) in [4.78, 5) is 18.3. The Labute approximate surface area is 120 Å². The molecule has 1 aromatic heterocycles. The molecular formula is C15H23N3O2. The summed E-state index contributed by atoms with van der Waals surface area (Å²) >= 11 is 0. The van der Waals surface area contributed by atoms with Crippen molar-refractivity contribution in [1.29, 1.82) is 0 Å². The average molecular weight is 277 g/mol. The van der Waals surface area contributed by atoms with E-state index in [4.69, 9.17) is 4.74 Å². The van der Waals surface area contributed by atoms with Crippen molar-refractivity contribution in [2.45, 2.75) is 19.8 Å². The van der Waals surface area contributed by atoms with Crippen LogP contribution in [0.15, 0.2) is 18.3 Å². The third kappa shape index (κ3) is 3.70. The van der Waals surface area contributed by atoms with Crippen LogP contribution in [0.25, 0.3) is 0 Å². The lowest BCUT2D eigenvalue weighted by atomic mass is 9.97. The Hall–Kier alpha value is -1.62. The minimum Gasteiger partial charge on any atom is -0.384 e. The molecule has 0 spiro atoms. The molecule has 1 N–H and O–H groups in total. The van der Waals surface area contributed by atoms with E-state index >= 15 is 0 Å². The predicted molar refractivity (Wildman–Crippen MR) is 79.1 cm³/mol. The number of methoxy groups -OCH3 is 1. The number of rotatable bonds is 5. The van der Waals surface area contributed by atoms with Crippen LogP contribution in [-0.4, -0.2) is 44.2 Å². The minimum absolute atomic E-state index is 0.108. The van der Waals surface area contributed by atoms with Gasteiger partial charge in [-0.1, -0.05) is 0 Å². The van der Waals surface area contributed by atoms with Gasteiger partial charge < -0.3 is 15.0 Å². The van der Waals surface area contributed by atoms with Crippen molar-refractivity contribution in [3.63, 3.8) is 0 Å². The molecule has 1 aromatic rings. The standard InChI is InChI=1S/C15H23N3O2/c1-3-16-15(19)14-10-13(4-7-17-14)18-8-5-12(6-9-18)11-20-2/h4,7,10,12H,3,5-6,8-9,11H2,1-2H3,(H,16,19). The minimum atomic E-state index is -0.108. The van der Waals surface area contributed by atoms with Gasteiger partial charge in [0, 0.05) is 45.2 Å². The molecule has 0 atom stereocenters. The number of ether oxygens (including phenoxy) is 1. The molecule has 0 unspecified atom stereocenters. The summed E-state index contributed by atoms with van der Waals surface area (Å²) < 4.78 is 5.22. The van der Waals surface area contributed by atoms with E-state index in [2.05, 4.69) is 15.2 Å². The highest BCUT2D eigenvalue weighted by atomic mass is 16.5. The zero-order chi connectivity index (χ0) is 14.4. The number of nitrogens with one attached hydrogen (secondary N) is 1. The van der Waals surface area contributed by atoms with Crippen LogP contribution in [0.3, 0.4) is 0 Å². The van der Waals surface area contributed by atoms with Crippen LogP contribution in [0, 0.1) is 5.92 Å². The Morgan fingerprint density at radius 3 is 2.90 bits per heavy atom. The monoisotopic (exact) mass is 277 g/mol. The Balaban J connectivity index is 1.99. The highest BCUT2D eigenvalue weighted by Gasteiger charge is 2.20. The molecule has 5 heteroatoms. The van der Waals surface area contributed by atoms with Gasteiger partial charge in [-0.3, -0.25) is 9.78 Å². The van der Waals surface area contributed by atoms with Gasteiger partial charge in [0.25, 0.3) is 5.91 Å². The first-order chi connectivity index (χ1) is 9.74. The topological polar surface area (TPSA) is 54.5 Å². The molecule has 0 aromatic carbocycles. The van der Waals surface area contributed by atoms with Crippen molar-refractivity contribution < 1.29 is 9.53 Å². The zero-order valence-corrected chi connectivity index (χ0v) is 12.3. The second kappa shape index (κ2) is 7.24. The van der Waals surface area contributed by atoms with E-state index in [-0.39, 0.29) is 5.91 Å². The summed E-state index contributed by atoms with van der Waals surface area (Å²) in [6, 6.07) is 3.85. The van der Waals surface area contributed by atoms with Gasteiger partial charge in [-0.2, -0.15) is 0 Å². The average Bonchev–Trinajstić information content (AvgIpc) is 2.49. The fourth-order valence-corrected chi connectivity index (χ4v) is 2.58. The predicted octanol–water partition coefficient (Wildman–Crippen LogP) is 1.69. The second-order valence-electron chi connectivity index (χ2n) is 5.14. The number of nitrogens with zero attached hydrogens (tertiary/aromatic N) is 2. The second-order valence-corrected chi connectivity index (χ2v) is 5.14. The van der Waals surface area contributed by atoms with Gasteiger partial charge in [-0.25, -0.2) is 0 Å². The number of hydrogen-bond acceptors (Lipinski definition) is 4. The lowest BCUT2D eigenvalue weighted by Gasteiger charge is -2.33. The lowest BCUT2D eigenvalue weighted by Crippen LogP contribution is -2.35. The maximum absolute atomic E-state index is 11.8. The Morgan fingerprint density at radius 2 is 2.25 bits per heavy atom. The molecule has 1 fully saturated rings. The Bertz CT molecular complexity index is 442. The maximum Gasteiger partial charge on any atom is 0.269 e. The molecular weight excluding hydrogens is 254 g/mol. The molecule has 5 nitrogen and oxygen atoms in total. The van der Waals surface area contributed by atoms with E-state index in [0.717, 1.165) is 38.2 Å². The SMILES string of the molecule is CCNC(=O)c1cc(N2CCC(COC)CC2)ccn1. The summed E-state index contributed by atoms with van der Waals surface area (Å²) in [5, 5.41) is 2.78. The largest absolute Gasteiger partial charge is 0.384 e. The Kier molecular flexibility index (Phi) is 5.35. The number of piperidine rings is 1. The number of hydrogen-bond donors (Lipinski definition) is 1. The van der Waals surface area contributed by atoms with Crippen LogP contribution in [0.4, 0.5) is 5.69 Å². The fraction of sp³-hybridized carbons (Fsp3) is 0.600. The van der Waals surface area contributed by atoms with Gasteiger partial charge in [0.05, 0.1) is 0 Å². The van der Waals surface area contributed by atoms with Crippen LogP contribution in [-0.2, 0) is 4.74 Å². The quantitative estimate of drug-likeness (QED) is 0.890. The third-order valence-electron chi connectivity index (χ3n) is 3.70.